The van der Waals surface area contributed by atoms with E-state index in [4.69, 9.17) is 0 Å². The van der Waals surface area contributed by atoms with Crippen molar-refractivity contribution < 1.29 is 4.79 Å². The highest BCUT2D eigenvalue weighted by atomic mass is 16.1. The molecule has 0 aromatic heterocycles. The van der Waals surface area contributed by atoms with Crippen LogP contribution < -0.4 is 5.32 Å². The molecule has 70 valence electrons. The maximum atomic E-state index is 10.8. The van der Waals surface area contributed by atoms with Crippen molar-refractivity contribution in [1.82, 2.24) is 0 Å². The molecule has 0 aliphatic carbocycles. The Kier molecular flexibility index (Phi) is 3.07. The predicted octanol–water partition coefficient (Wildman–Crippen LogP) is 2.77. The summed E-state index contributed by atoms with van der Waals surface area (Å²) in [5.41, 5.74) is 2.12. The van der Waals surface area contributed by atoms with Gasteiger partial charge in [0.1, 0.15) is 0 Å². The topological polar surface area (TPSA) is 29.1 Å². The largest absolute Gasteiger partial charge is 0.326 e. The molecular weight excluding hydrogens is 162 g/mol. The molecule has 0 bridgehead atoms. The van der Waals surface area contributed by atoms with E-state index in [1.165, 1.54) is 12.5 Å². The molecule has 0 fully saturated rings. The molecule has 0 aliphatic heterocycles. The van der Waals surface area contributed by atoms with Crippen LogP contribution in [-0.4, -0.2) is 5.91 Å². The van der Waals surface area contributed by atoms with Gasteiger partial charge in [0.15, 0.2) is 0 Å². The van der Waals surface area contributed by atoms with Gasteiger partial charge in [0, 0.05) is 12.6 Å². The van der Waals surface area contributed by atoms with Crippen LogP contribution in [0.4, 0.5) is 5.69 Å². The van der Waals surface area contributed by atoms with Gasteiger partial charge in [-0.15, -0.1) is 0 Å². The fraction of sp³-hybridized carbons (Fsp3) is 0.364. The highest BCUT2D eigenvalue weighted by molar-refractivity contribution is 5.88. The van der Waals surface area contributed by atoms with Gasteiger partial charge in [-0.25, -0.2) is 0 Å². The lowest BCUT2D eigenvalue weighted by Crippen LogP contribution is -2.05. The van der Waals surface area contributed by atoms with Crippen LogP contribution in [0.3, 0.4) is 0 Å². The predicted molar refractivity (Wildman–Crippen MR) is 54.8 cm³/mol. The number of carbonyl (C=O) groups is 1. The SMILES string of the molecule is CC(=O)Nc1cccc(C(C)C)c1. The molecule has 0 heterocycles. The van der Waals surface area contributed by atoms with E-state index in [0.29, 0.717) is 5.92 Å². The van der Waals surface area contributed by atoms with Crippen molar-refractivity contribution in [2.75, 3.05) is 5.32 Å². The van der Waals surface area contributed by atoms with Crippen LogP contribution in [-0.2, 0) is 4.79 Å². The Morgan fingerprint density at radius 1 is 1.38 bits per heavy atom. The Morgan fingerprint density at radius 3 is 2.62 bits per heavy atom. The van der Waals surface area contributed by atoms with Crippen LogP contribution in [0.2, 0.25) is 0 Å². The molecule has 0 atom stereocenters. The first-order valence-corrected chi connectivity index (χ1v) is 4.47. The highest BCUT2D eigenvalue weighted by Crippen LogP contribution is 2.18. The lowest BCUT2D eigenvalue weighted by molar-refractivity contribution is -0.114. The molecule has 1 rings (SSSR count). The summed E-state index contributed by atoms with van der Waals surface area (Å²) >= 11 is 0. The van der Waals surface area contributed by atoms with E-state index in [2.05, 4.69) is 25.2 Å². The van der Waals surface area contributed by atoms with E-state index in [1.807, 2.05) is 18.2 Å². The van der Waals surface area contributed by atoms with Crippen LogP contribution in [0.1, 0.15) is 32.3 Å². The van der Waals surface area contributed by atoms with E-state index in [0.717, 1.165) is 5.69 Å². The summed E-state index contributed by atoms with van der Waals surface area (Å²) in [7, 11) is 0. The van der Waals surface area contributed by atoms with Crippen molar-refractivity contribution in [3.05, 3.63) is 29.8 Å². The number of benzene rings is 1. The molecule has 0 unspecified atom stereocenters. The number of anilines is 1. The van der Waals surface area contributed by atoms with E-state index in [1.54, 1.807) is 0 Å². The summed E-state index contributed by atoms with van der Waals surface area (Å²) < 4.78 is 0. The maximum absolute atomic E-state index is 10.8. The van der Waals surface area contributed by atoms with Crippen molar-refractivity contribution in [2.24, 2.45) is 0 Å². The molecule has 1 N–H and O–H groups in total. The van der Waals surface area contributed by atoms with Gasteiger partial charge in [-0.05, 0) is 23.6 Å². The first-order chi connectivity index (χ1) is 6.09. The summed E-state index contributed by atoms with van der Waals surface area (Å²) in [6, 6.07) is 7.93. The van der Waals surface area contributed by atoms with Gasteiger partial charge >= 0.3 is 0 Å². The molecule has 0 radical (unpaired) electrons. The van der Waals surface area contributed by atoms with Gasteiger partial charge in [0.2, 0.25) is 5.91 Å². The molecule has 1 aromatic carbocycles. The monoisotopic (exact) mass is 177 g/mol. The quantitative estimate of drug-likeness (QED) is 0.739. The Morgan fingerprint density at radius 2 is 2.08 bits per heavy atom. The number of nitrogens with one attached hydrogen (secondary N) is 1. The minimum Gasteiger partial charge on any atom is -0.326 e. The van der Waals surface area contributed by atoms with Gasteiger partial charge in [-0.1, -0.05) is 26.0 Å². The zero-order valence-corrected chi connectivity index (χ0v) is 8.29. The molecular formula is C11H15NO. The summed E-state index contributed by atoms with van der Waals surface area (Å²) in [5, 5.41) is 2.76. The summed E-state index contributed by atoms with van der Waals surface area (Å²) in [6.45, 7) is 5.78. The molecule has 13 heavy (non-hydrogen) atoms. The van der Waals surface area contributed by atoms with Crippen molar-refractivity contribution in [2.45, 2.75) is 26.7 Å². The Hall–Kier alpha value is -1.31. The number of amides is 1. The third-order valence-electron chi connectivity index (χ3n) is 1.87. The second-order valence-electron chi connectivity index (χ2n) is 3.46. The third-order valence-corrected chi connectivity index (χ3v) is 1.87. The minimum atomic E-state index is -0.0269. The van der Waals surface area contributed by atoms with Crippen molar-refractivity contribution in [3.8, 4) is 0 Å². The molecule has 2 heteroatoms. The highest BCUT2D eigenvalue weighted by Gasteiger charge is 2.00. The van der Waals surface area contributed by atoms with Crippen molar-refractivity contribution >= 4 is 11.6 Å². The molecule has 0 aliphatic rings. The van der Waals surface area contributed by atoms with E-state index >= 15 is 0 Å². The first-order valence-electron chi connectivity index (χ1n) is 4.47. The van der Waals surface area contributed by atoms with Gasteiger partial charge in [0.25, 0.3) is 0 Å². The maximum Gasteiger partial charge on any atom is 0.221 e. The summed E-state index contributed by atoms with van der Waals surface area (Å²) in [6.07, 6.45) is 0. The lowest BCUT2D eigenvalue weighted by atomic mass is 10.0. The van der Waals surface area contributed by atoms with Crippen LogP contribution in [0.5, 0.6) is 0 Å². The molecule has 0 saturated heterocycles. The standard InChI is InChI=1S/C11H15NO/c1-8(2)10-5-4-6-11(7-10)12-9(3)13/h4-8H,1-3H3,(H,12,13). The molecule has 2 nitrogen and oxygen atoms in total. The van der Waals surface area contributed by atoms with Gasteiger partial charge in [0.05, 0.1) is 0 Å². The van der Waals surface area contributed by atoms with Crippen molar-refractivity contribution in [3.63, 3.8) is 0 Å². The Bertz CT molecular complexity index is 305. The van der Waals surface area contributed by atoms with Crippen LogP contribution >= 0.6 is 0 Å². The normalized spacial score (nSPS) is 10.2. The average Bonchev–Trinajstić information content (AvgIpc) is 2.03. The fourth-order valence-corrected chi connectivity index (χ4v) is 1.18. The molecule has 0 spiro atoms. The number of rotatable bonds is 2. The van der Waals surface area contributed by atoms with E-state index in [-0.39, 0.29) is 5.91 Å². The van der Waals surface area contributed by atoms with Crippen molar-refractivity contribution in [1.29, 1.82) is 0 Å². The summed E-state index contributed by atoms with van der Waals surface area (Å²) in [4.78, 5) is 10.8. The lowest BCUT2D eigenvalue weighted by Gasteiger charge is -2.07. The zero-order chi connectivity index (χ0) is 9.84. The summed E-state index contributed by atoms with van der Waals surface area (Å²) in [5.74, 6) is 0.467. The van der Waals surface area contributed by atoms with Gasteiger partial charge in [-0.2, -0.15) is 0 Å². The third kappa shape index (κ3) is 2.90. The number of hydrogen-bond acceptors (Lipinski definition) is 1. The van der Waals surface area contributed by atoms with E-state index in [9.17, 15) is 4.79 Å². The fourth-order valence-electron chi connectivity index (χ4n) is 1.18. The molecule has 1 amide bonds. The smallest absolute Gasteiger partial charge is 0.221 e. The minimum absolute atomic E-state index is 0.0269. The second kappa shape index (κ2) is 4.08. The average molecular weight is 177 g/mol. The zero-order valence-electron chi connectivity index (χ0n) is 8.29. The Balaban J connectivity index is 2.85. The van der Waals surface area contributed by atoms with E-state index < -0.39 is 0 Å². The second-order valence-corrected chi connectivity index (χ2v) is 3.46. The number of hydrogen-bond donors (Lipinski definition) is 1. The van der Waals surface area contributed by atoms with Crippen LogP contribution in [0.25, 0.3) is 0 Å². The van der Waals surface area contributed by atoms with Crippen LogP contribution in [0, 0.1) is 0 Å². The molecule has 1 aromatic rings. The first kappa shape index (κ1) is 9.78. The number of carbonyl (C=O) groups excluding carboxylic acids is 1. The van der Waals surface area contributed by atoms with Gasteiger partial charge in [-0.3, -0.25) is 4.79 Å². The molecule has 0 saturated carbocycles. The Labute approximate surface area is 79.0 Å². The van der Waals surface area contributed by atoms with Gasteiger partial charge < -0.3 is 5.32 Å². The van der Waals surface area contributed by atoms with Crippen LogP contribution in [0.15, 0.2) is 24.3 Å².